The number of unbranched alkanes of at least 4 members (excludes halogenated alkanes) is 3. The molecule has 1 aromatic carbocycles. The van der Waals surface area contributed by atoms with Crippen molar-refractivity contribution in [1.29, 1.82) is 0 Å². The Bertz CT molecular complexity index is 969. The predicted octanol–water partition coefficient (Wildman–Crippen LogP) is 4.04. The molecule has 0 unspecified atom stereocenters. The third-order valence-corrected chi connectivity index (χ3v) is 5.02. The van der Waals surface area contributed by atoms with Crippen LogP contribution in [0.3, 0.4) is 0 Å². The van der Waals surface area contributed by atoms with E-state index in [9.17, 15) is 4.79 Å². The molecule has 8 nitrogen and oxygen atoms in total. The second-order valence-electron chi connectivity index (χ2n) is 7.62. The summed E-state index contributed by atoms with van der Waals surface area (Å²) in [5.41, 5.74) is 3.60. The first-order valence-electron chi connectivity index (χ1n) is 10.9. The van der Waals surface area contributed by atoms with Crippen molar-refractivity contribution in [3.8, 4) is 11.5 Å². The van der Waals surface area contributed by atoms with Crippen LogP contribution in [-0.2, 0) is 11.3 Å². The number of carbonyl (C=O) groups is 1. The number of nitrogens with zero attached hydrogens (tertiary/aromatic N) is 4. The van der Waals surface area contributed by atoms with Crippen LogP contribution in [0, 0.1) is 0 Å². The number of rotatable bonds is 12. The first-order valence-corrected chi connectivity index (χ1v) is 10.9. The number of amides is 1. The largest absolute Gasteiger partial charge is 0.370 e. The second kappa shape index (κ2) is 12.4. The summed E-state index contributed by atoms with van der Waals surface area (Å²) in [5.74, 6) is 1.83. The molecule has 0 saturated carbocycles. The van der Waals surface area contributed by atoms with Crippen LogP contribution in [0.4, 0.5) is 11.6 Å². The van der Waals surface area contributed by atoms with E-state index >= 15 is 0 Å². The smallest absolute Gasteiger partial charge is 0.243 e. The third-order valence-electron chi connectivity index (χ3n) is 5.02. The van der Waals surface area contributed by atoms with Crippen LogP contribution in [0.5, 0.6) is 0 Å². The molecule has 3 rings (SSSR count). The average molecular weight is 435 g/mol. The topological polar surface area (TPSA) is 103 Å². The summed E-state index contributed by atoms with van der Waals surface area (Å²) in [7, 11) is 2.02. The van der Waals surface area contributed by atoms with Crippen LogP contribution in [0.2, 0.25) is 0 Å². The van der Waals surface area contributed by atoms with E-state index in [1.807, 2.05) is 49.5 Å². The summed E-state index contributed by atoms with van der Waals surface area (Å²) in [5, 5.41) is 11.9. The molecular formula is C24H30N6O2. The van der Waals surface area contributed by atoms with Crippen molar-refractivity contribution >= 4 is 17.5 Å². The van der Waals surface area contributed by atoms with Gasteiger partial charge in [0, 0.05) is 38.8 Å². The summed E-state index contributed by atoms with van der Waals surface area (Å²) >= 11 is 0. The lowest BCUT2D eigenvalue weighted by molar-refractivity contribution is -0.129. The quantitative estimate of drug-likeness (QED) is 0.224. The molecule has 3 N–H and O–H groups in total. The Balaban J connectivity index is 1.64. The number of nitrogens with one attached hydrogen (secondary N) is 2. The highest BCUT2D eigenvalue weighted by molar-refractivity contribution is 5.74. The van der Waals surface area contributed by atoms with Crippen molar-refractivity contribution in [2.75, 3.05) is 23.8 Å². The summed E-state index contributed by atoms with van der Waals surface area (Å²) in [6.07, 6.45) is 5.73. The summed E-state index contributed by atoms with van der Waals surface area (Å²) in [4.78, 5) is 27.0. The van der Waals surface area contributed by atoms with E-state index in [2.05, 4.69) is 32.3 Å². The average Bonchev–Trinajstić information content (AvgIpc) is 2.84. The van der Waals surface area contributed by atoms with Crippen molar-refractivity contribution in [2.24, 2.45) is 0 Å². The van der Waals surface area contributed by atoms with Crippen LogP contribution in [0.15, 0.2) is 60.8 Å². The molecule has 2 aromatic heterocycles. The van der Waals surface area contributed by atoms with Gasteiger partial charge in [-0.2, -0.15) is 0 Å². The van der Waals surface area contributed by atoms with Gasteiger partial charge in [0.1, 0.15) is 17.3 Å². The number of hydroxylamine groups is 1. The fourth-order valence-corrected chi connectivity index (χ4v) is 3.30. The van der Waals surface area contributed by atoms with E-state index in [0.717, 1.165) is 56.1 Å². The summed E-state index contributed by atoms with van der Waals surface area (Å²) in [6, 6.07) is 17.9. The molecule has 0 radical (unpaired) electrons. The van der Waals surface area contributed by atoms with Gasteiger partial charge in [-0.05, 0) is 30.5 Å². The molecule has 0 fully saturated rings. The third kappa shape index (κ3) is 7.31. The minimum Gasteiger partial charge on any atom is -0.370 e. The highest BCUT2D eigenvalue weighted by Gasteiger charge is 2.11. The van der Waals surface area contributed by atoms with Gasteiger partial charge in [-0.3, -0.25) is 15.0 Å². The number of carbonyl (C=O) groups excluding carboxylic acids is 1. The van der Waals surface area contributed by atoms with Gasteiger partial charge in [0.05, 0.1) is 0 Å². The van der Waals surface area contributed by atoms with Gasteiger partial charge in [0.2, 0.25) is 5.91 Å². The highest BCUT2D eigenvalue weighted by Crippen LogP contribution is 2.22. The second-order valence-corrected chi connectivity index (χ2v) is 7.62. The van der Waals surface area contributed by atoms with Crippen molar-refractivity contribution in [3.05, 3.63) is 66.4 Å². The Kier molecular flexibility index (Phi) is 8.94. The molecule has 0 aliphatic rings. The summed E-state index contributed by atoms with van der Waals surface area (Å²) < 4.78 is 0. The Morgan fingerprint density at radius 2 is 1.78 bits per heavy atom. The zero-order chi connectivity index (χ0) is 22.6. The molecule has 3 aromatic rings. The minimum absolute atomic E-state index is 0.335. The monoisotopic (exact) mass is 434 g/mol. The molecular weight excluding hydrogens is 404 g/mol. The van der Waals surface area contributed by atoms with Crippen molar-refractivity contribution in [2.45, 2.75) is 38.6 Å². The van der Waals surface area contributed by atoms with Crippen LogP contribution >= 0.6 is 0 Å². The number of hydrogen-bond acceptors (Lipinski definition) is 7. The van der Waals surface area contributed by atoms with Crippen molar-refractivity contribution < 1.29 is 10.0 Å². The number of pyridine rings is 1. The molecule has 168 valence electrons. The van der Waals surface area contributed by atoms with E-state index in [1.54, 1.807) is 11.7 Å². The van der Waals surface area contributed by atoms with E-state index in [4.69, 9.17) is 10.2 Å². The zero-order valence-electron chi connectivity index (χ0n) is 18.4. The standard InChI is InChI=1S/C24H30N6O2/c1-30(18-19-11-5-4-6-12-19)22-17-21(26-16-9-3-2-7-14-23(31)29-32)27-24(28-22)20-13-8-10-15-25-20/h4-6,8,10-13,15,17,32H,2-3,7,9,14,16,18H2,1H3,(H,29,31)(H,26,27,28). The summed E-state index contributed by atoms with van der Waals surface area (Å²) in [6.45, 7) is 1.51. The van der Waals surface area contributed by atoms with E-state index in [1.165, 1.54) is 5.56 Å². The molecule has 32 heavy (non-hydrogen) atoms. The minimum atomic E-state index is -0.335. The lowest BCUT2D eigenvalue weighted by Crippen LogP contribution is -2.19. The van der Waals surface area contributed by atoms with Gasteiger partial charge in [0.15, 0.2) is 5.82 Å². The van der Waals surface area contributed by atoms with E-state index < -0.39 is 0 Å². The molecule has 8 heteroatoms. The molecule has 1 amide bonds. The van der Waals surface area contributed by atoms with Gasteiger partial charge in [-0.25, -0.2) is 15.4 Å². The van der Waals surface area contributed by atoms with Gasteiger partial charge in [0.25, 0.3) is 0 Å². The number of hydrogen-bond donors (Lipinski definition) is 3. The fourth-order valence-electron chi connectivity index (χ4n) is 3.30. The molecule has 0 bridgehead atoms. The number of benzene rings is 1. The fraction of sp³-hybridized carbons (Fsp3) is 0.333. The van der Waals surface area contributed by atoms with E-state index in [0.29, 0.717) is 12.2 Å². The number of anilines is 2. The first-order chi connectivity index (χ1) is 15.7. The van der Waals surface area contributed by atoms with Gasteiger partial charge in [-0.15, -0.1) is 0 Å². The van der Waals surface area contributed by atoms with E-state index in [-0.39, 0.29) is 5.91 Å². The molecule has 0 spiro atoms. The number of aromatic nitrogens is 3. The molecule has 0 aliphatic heterocycles. The Labute approximate surface area is 188 Å². The highest BCUT2D eigenvalue weighted by atomic mass is 16.5. The maximum atomic E-state index is 11.0. The Morgan fingerprint density at radius 1 is 1.00 bits per heavy atom. The molecule has 0 aliphatic carbocycles. The first kappa shape index (κ1) is 23.1. The zero-order valence-corrected chi connectivity index (χ0v) is 18.4. The van der Waals surface area contributed by atoms with Gasteiger partial charge in [-0.1, -0.05) is 49.2 Å². The molecule has 2 heterocycles. The maximum Gasteiger partial charge on any atom is 0.243 e. The molecule has 0 saturated heterocycles. The maximum absolute atomic E-state index is 11.0. The molecule has 0 atom stereocenters. The normalized spacial score (nSPS) is 10.6. The van der Waals surface area contributed by atoms with Gasteiger partial charge >= 0.3 is 0 Å². The van der Waals surface area contributed by atoms with Crippen molar-refractivity contribution in [3.63, 3.8) is 0 Å². The van der Waals surface area contributed by atoms with Crippen LogP contribution in [0.25, 0.3) is 11.5 Å². The lowest BCUT2D eigenvalue weighted by Gasteiger charge is -2.20. The predicted molar refractivity (Wildman–Crippen MR) is 125 cm³/mol. The SMILES string of the molecule is CN(Cc1ccccc1)c1cc(NCCCCCCC(=O)NO)nc(-c2ccccn2)n1. The van der Waals surface area contributed by atoms with Crippen LogP contribution < -0.4 is 15.7 Å². The van der Waals surface area contributed by atoms with Crippen molar-refractivity contribution in [1.82, 2.24) is 20.4 Å². The Morgan fingerprint density at radius 3 is 2.53 bits per heavy atom. The van der Waals surface area contributed by atoms with Crippen LogP contribution in [-0.4, -0.2) is 39.7 Å². The lowest BCUT2D eigenvalue weighted by atomic mass is 10.1. The van der Waals surface area contributed by atoms with Crippen LogP contribution in [0.1, 0.15) is 37.7 Å². The Hall–Kier alpha value is -3.52. The van der Waals surface area contributed by atoms with Gasteiger partial charge < -0.3 is 10.2 Å².